The zero-order valence-electron chi connectivity index (χ0n) is 6.61. The molecule has 0 saturated heterocycles. The van der Waals surface area contributed by atoms with Crippen molar-refractivity contribution in [3.05, 3.63) is 11.8 Å². The Balaban J connectivity index is 2.45. The van der Waals surface area contributed by atoms with Crippen LogP contribution in [0.3, 0.4) is 0 Å². The Morgan fingerprint density at radius 2 is 2.69 bits per heavy atom. The maximum Gasteiger partial charge on any atom is 0.297 e. The van der Waals surface area contributed by atoms with Crippen LogP contribution in [-0.2, 0) is 4.84 Å². The fraction of sp³-hybridized carbons (Fsp3) is 0.143. The molecule has 1 amide bonds. The largest absolute Gasteiger partial charge is 0.368 e. The van der Waals surface area contributed by atoms with Crippen LogP contribution in [0.2, 0.25) is 0 Å². The molecule has 1 heterocycles. The van der Waals surface area contributed by atoms with Crippen LogP contribution in [0.1, 0.15) is 10.5 Å². The molecule has 0 atom stereocenters. The average Bonchev–Trinajstić information content (AvgIpc) is 2.52. The van der Waals surface area contributed by atoms with Crippen molar-refractivity contribution in [2.45, 2.75) is 0 Å². The molecule has 0 radical (unpaired) electrons. The zero-order valence-corrected chi connectivity index (χ0v) is 6.61. The number of amides is 1. The topological polar surface area (TPSA) is 90.4 Å². The van der Waals surface area contributed by atoms with Gasteiger partial charge in [-0.15, -0.1) is 6.42 Å². The Kier molecular flexibility index (Phi) is 2.89. The molecule has 0 bridgehead atoms. The van der Waals surface area contributed by atoms with Crippen LogP contribution in [0.15, 0.2) is 10.6 Å². The predicted molar refractivity (Wildman–Crippen MR) is 43.2 cm³/mol. The van der Waals surface area contributed by atoms with Gasteiger partial charge in [-0.3, -0.25) is 9.63 Å². The lowest BCUT2D eigenvalue weighted by molar-refractivity contribution is 0.0430. The summed E-state index contributed by atoms with van der Waals surface area (Å²) in [7, 11) is 0. The number of hydrogen-bond acceptors (Lipinski definition) is 5. The van der Waals surface area contributed by atoms with Crippen molar-refractivity contribution < 1.29 is 14.2 Å². The molecular weight excluding hydrogens is 174 g/mol. The first kappa shape index (κ1) is 9.09. The summed E-state index contributed by atoms with van der Waals surface area (Å²) in [4.78, 5) is 15.6. The van der Waals surface area contributed by atoms with Crippen LogP contribution in [0.5, 0.6) is 0 Å². The maximum atomic E-state index is 11.1. The molecule has 1 aromatic heterocycles. The summed E-state index contributed by atoms with van der Waals surface area (Å²) >= 11 is 0. The monoisotopic (exact) mass is 181 g/mol. The Labute approximate surface area is 74.0 Å². The standard InChI is InChI=1S/C7H7N3O3/c1-2-3-12-10-7(11)5-4-6(8)13-9-5/h1,4H,3,8H2,(H,10,11). The number of nitrogen functional groups attached to an aromatic ring is 1. The average molecular weight is 181 g/mol. The summed E-state index contributed by atoms with van der Waals surface area (Å²) in [6.45, 7) is -0.0148. The first-order valence-corrected chi connectivity index (χ1v) is 3.32. The van der Waals surface area contributed by atoms with Crippen molar-refractivity contribution in [2.24, 2.45) is 0 Å². The number of anilines is 1. The first-order valence-electron chi connectivity index (χ1n) is 3.32. The molecule has 0 aliphatic rings. The summed E-state index contributed by atoms with van der Waals surface area (Å²) in [5.41, 5.74) is 7.28. The molecule has 68 valence electrons. The Hall–Kier alpha value is -2.00. The molecule has 0 aromatic carbocycles. The third-order valence-electron chi connectivity index (χ3n) is 1.08. The maximum absolute atomic E-state index is 11.1. The number of carbonyl (C=O) groups is 1. The lowest BCUT2D eigenvalue weighted by Gasteiger charge is -1.97. The number of hydrogen-bond donors (Lipinski definition) is 2. The van der Waals surface area contributed by atoms with Crippen molar-refractivity contribution in [1.82, 2.24) is 10.6 Å². The summed E-state index contributed by atoms with van der Waals surface area (Å²) in [5, 5.41) is 3.35. The number of nitrogens with zero attached hydrogens (tertiary/aromatic N) is 1. The van der Waals surface area contributed by atoms with E-state index >= 15 is 0 Å². The number of hydroxylamine groups is 1. The van der Waals surface area contributed by atoms with Crippen molar-refractivity contribution in [3.8, 4) is 12.3 Å². The molecular formula is C7H7N3O3. The van der Waals surface area contributed by atoms with Gasteiger partial charge in [0.05, 0.1) is 0 Å². The van der Waals surface area contributed by atoms with Crippen LogP contribution in [0, 0.1) is 12.3 Å². The molecule has 13 heavy (non-hydrogen) atoms. The number of carbonyl (C=O) groups excluding carboxylic acids is 1. The molecule has 0 fully saturated rings. The van der Waals surface area contributed by atoms with Gasteiger partial charge in [0, 0.05) is 6.07 Å². The van der Waals surface area contributed by atoms with E-state index in [1.54, 1.807) is 0 Å². The molecule has 0 aliphatic carbocycles. The van der Waals surface area contributed by atoms with Crippen molar-refractivity contribution in [1.29, 1.82) is 0 Å². The minimum atomic E-state index is -0.560. The molecule has 3 N–H and O–H groups in total. The molecule has 1 rings (SSSR count). The third-order valence-corrected chi connectivity index (χ3v) is 1.08. The first-order chi connectivity index (χ1) is 6.24. The molecule has 6 nitrogen and oxygen atoms in total. The van der Waals surface area contributed by atoms with E-state index in [1.165, 1.54) is 6.07 Å². The van der Waals surface area contributed by atoms with E-state index in [4.69, 9.17) is 12.2 Å². The Morgan fingerprint density at radius 3 is 3.23 bits per heavy atom. The Morgan fingerprint density at radius 1 is 1.92 bits per heavy atom. The number of rotatable bonds is 3. The van der Waals surface area contributed by atoms with E-state index in [0.717, 1.165) is 0 Å². The minimum Gasteiger partial charge on any atom is -0.368 e. The van der Waals surface area contributed by atoms with E-state index in [0.29, 0.717) is 0 Å². The van der Waals surface area contributed by atoms with Crippen molar-refractivity contribution >= 4 is 11.8 Å². The smallest absolute Gasteiger partial charge is 0.297 e. The highest BCUT2D eigenvalue weighted by Crippen LogP contribution is 2.03. The van der Waals surface area contributed by atoms with Gasteiger partial charge in [0.15, 0.2) is 5.69 Å². The lowest BCUT2D eigenvalue weighted by atomic mass is 10.4. The predicted octanol–water partition coefficient (Wildman–Crippen LogP) is -0.449. The van der Waals surface area contributed by atoms with Gasteiger partial charge in [-0.25, -0.2) is 5.48 Å². The van der Waals surface area contributed by atoms with E-state index in [-0.39, 0.29) is 18.2 Å². The fourth-order valence-corrected chi connectivity index (χ4v) is 0.592. The zero-order chi connectivity index (χ0) is 9.68. The second-order valence-corrected chi connectivity index (χ2v) is 2.04. The Bertz CT molecular complexity index is 339. The highest BCUT2D eigenvalue weighted by molar-refractivity contribution is 5.91. The summed E-state index contributed by atoms with van der Waals surface area (Å²) in [5.74, 6) is 1.67. The molecule has 0 aliphatic heterocycles. The van der Waals surface area contributed by atoms with Crippen molar-refractivity contribution in [3.63, 3.8) is 0 Å². The van der Waals surface area contributed by atoms with Crippen molar-refractivity contribution in [2.75, 3.05) is 12.3 Å². The van der Waals surface area contributed by atoms with E-state index in [2.05, 4.69) is 25.9 Å². The van der Waals surface area contributed by atoms with E-state index < -0.39 is 5.91 Å². The molecule has 1 aromatic rings. The van der Waals surface area contributed by atoms with Crippen LogP contribution in [0.4, 0.5) is 5.88 Å². The van der Waals surface area contributed by atoms with Gasteiger partial charge in [0.2, 0.25) is 5.88 Å². The SMILES string of the molecule is C#CCONC(=O)c1cc(N)on1. The summed E-state index contributed by atoms with van der Waals surface area (Å²) in [6, 6.07) is 1.27. The van der Waals surface area contributed by atoms with Gasteiger partial charge in [0.25, 0.3) is 5.91 Å². The van der Waals surface area contributed by atoms with Gasteiger partial charge in [-0.1, -0.05) is 11.1 Å². The fourth-order valence-electron chi connectivity index (χ4n) is 0.592. The minimum absolute atomic E-state index is 0.0148. The molecule has 6 heteroatoms. The van der Waals surface area contributed by atoms with Gasteiger partial charge in [0.1, 0.15) is 6.61 Å². The highest BCUT2D eigenvalue weighted by atomic mass is 16.6. The van der Waals surface area contributed by atoms with Crippen LogP contribution in [0.25, 0.3) is 0 Å². The van der Waals surface area contributed by atoms with Gasteiger partial charge >= 0.3 is 0 Å². The van der Waals surface area contributed by atoms with E-state index in [1.807, 2.05) is 0 Å². The van der Waals surface area contributed by atoms with Gasteiger partial charge in [-0.2, -0.15) is 0 Å². The molecule has 0 unspecified atom stereocenters. The lowest BCUT2D eigenvalue weighted by Crippen LogP contribution is -2.24. The van der Waals surface area contributed by atoms with Gasteiger partial charge < -0.3 is 10.3 Å². The van der Waals surface area contributed by atoms with Crippen LogP contribution >= 0.6 is 0 Å². The summed E-state index contributed by atoms with van der Waals surface area (Å²) in [6.07, 6.45) is 4.88. The summed E-state index contributed by atoms with van der Waals surface area (Å²) < 4.78 is 4.46. The molecule has 0 spiro atoms. The quantitative estimate of drug-likeness (QED) is 0.374. The normalized spacial score (nSPS) is 9.15. The molecule has 0 saturated carbocycles. The number of terminal acetylenes is 1. The number of aromatic nitrogens is 1. The van der Waals surface area contributed by atoms with Gasteiger partial charge in [-0.05, 0) is 0 Å². The second kappa shape index (κ2) is 4.13. The number of nitrogens with two attached hydrogens (primary N) is 1. The highest BCUT2D eigenvalue weighted by Gasteiger charge is 2.10. The second-order valence-electron chi connectivity index (χ2n) is 2.04. The third kappa shape index (κ3) is 2.50. The van der Waals surface area contributed by atoms with Crippen LogP contribution < -0.4 is 11.2 Å². The number of nitrogens with one attached hydrogen (secondary N) is 1. The van der Waals surface area contributed by atoms with E-state index in [9.17, 15) is 4.79 Å². The van der Waals surface area contributed by atoms with Crippen LogP contribution in [-0.4, -0.2) is 17.7 Å².